The van der Waals surface area contributed by atoms with E-state index in [1.807, 2.05) is 7.05 Å². The summed E-state index contributed by atoms with van der Waals surface area (Å²) in [4.78, 5) is 11.4. The maximum absolute atomic E-state index is 11.4. The Morgan fingerprint density at radius 3 is 3.07 bits per heavy atom. The van der Waals surface area contributed by atoms with E-state index in [-0.39, 0.29) is 11.9 Å². The van der Waals surface area contributed by atoms with Crippen LogP contribution in [0.1, 0.15) is 25.7 Å². The summed E-state index contributed by atoms with van der Waals surface area (Å²) in [5.74, 6) is 0.149. The summed E-state index contributed by atoms with van der Waals surface area (Å²) >= 11 is 0. The van der Waals surface area contributed by atoms with Gasteiger partial charge in [0.1, 0.15) is 0 Å². The van der Waals surface area contributed by atoms with Crippen LogP contribution in [0.3, 0.4) is 0 Å². The average molecular weight is 200 g/mol. The van der Waals surface area contributed by atoms with Gasteiger partial charge in [0.2, 0.25) is 5.91 Å². The molecular weight excluding hydrogens is 180 g/mol. The summed E-state index contributed by atoms with van der Waals surface area (Å²) < 4.78 is 5.28. The summed E-state index contributed by atoms with van der Waals surface area (Å²) in [5.41, 5.74) is 0. The summed E-state index contributed by atoms with van der Waals surface area (Å²) in [6.07, 6.45) is 3.62. The van der Waals surface area contributed by atoms with Crippen LogP contribution in [0.25, 0.3) is 0 Å². The van der Waals surface area contributed by atoms with Gasteiger partial charge in [0.05, 0.1) is 12.6 Å². The number of carbonyl (C=O) groups excluding carboxylic acids is 1. The fraction of sp³-hybridized carbons (Fsp3) is 0.900. The third kappa shape index (κ3) is 4.58. The fourth-order valence-electron chi connectivity index (χ4n) is 1.58. The van der Waals surface area contributed by atoms with Gasteiger partial charge in [-0.05, 0) is 32.9 Å². The minimum atomic E-state index is 0.149. The Balaban J connectivity index is 2.06. The van der Waals surface area contributed by atoms with E-state index in [0.29, 0.717) is 13.0 Å². The van der Waals surface area contributed by atoms with E-state index in [2.05, 4.69) is 10.6 Å². The fourth-order valence-corrected chi connectivity index (χ4v) is 1.58. The van der Waals surface area contributed by atoms with Crippen molar-refractivity contribution in [1.29, 1.82) is 0 Å². The molecule has 1 atom stereocenters. The Hall–Kier alpha value is -0.610. The van der Waals surface area contributed by atoms with E-state index in [0.717, 1.165) is 32.4 Å². The molecule has 1 amide bonds. The molecule has 0 aromatic rings. The van der Waals surface area contributed by atoms with Crippen molar-refractivity contribution in [2.24, 2.45) is 0 Å². The van der Waals surface area contributed by atoms with Crippen LogP contribution < -0.4 is 10.6 Å². The van der Waals surface area contributed by atoms with Crippen LogP contribution in [0.4, 0.5) is 0 Å². The van der Waals surface area contributed by atoms with E-state index in [9.17, 15) is 4.79 Å². The zero-order valence-electron chi connectivity index (χ0n) is 8.84. The van der Waals surface area contributed by atoms with E-state index >= 15 is 0 Å². The van der Waals surface area contributed by atoms with Gasteiger partial charge in [0.15, 0.2) is 0 Å². The lowest BCUT2D eigenvalue weighted by Crippen LogP contribution is -2.40. The number of amides is 1. The first-order valence-electron chi connectivity index (χ1n) is 5.34. The smallest absolute Gasteiger partial charge is 0.220 e. The van der Waals surface area contributed by atoms with Gasteiger partial charge in [-0.25, -0.2) is 0 Å². The van der Waals surface area contributed by atoms with Gasteiger partial charge >= 0.3 is 0 Å². The summed E-state index contributed by atoms with van der Waals surface area (Å²) in [7, 11) is 1.90. The van der Waals surface area contributed by atoms with Gasteiger partial charge in [-0.3, -0.25) is 4.79 Å². The van der Waals surface area contributed by atoms with Crippen LogP contribution >= 0.6 is 0 Å². The lowest BCUT2D eigenvalue weighted by Gasteiger charge is -2.23. The largest absolute Gasteiger partial charge is 0.379 e. The highest BCUT2D eigenvalue weighted by Crippen LogP contribution is 2.05. The molecule has 0 radical (unpaired) electrons. The highest BCUT2D eigenvalue weighted by molar-refractivity contribution is 5.76. The summed E-state index contributed by atoms with van der Waals surface area (Å²) in [5, 5.41) is 6.01. The number of carbonyl (C=O) groups is 1. The van der Waals surface area contributed by atoms with Crippen molar-refractivity contribution in [1.82, 2.24) is 10.6 Å². The molecule has 4 nitrogen and oxygen atoms in total. The van der Waals surface area contributed by atoms with Crippen LogP contribution in [0.5, 0.6) is 0 Å². The first-order chi connectivity index (χ1) is 6.83. The third-order valence-electron chi connectivity index (χ3n) is 2.36. The monoisotopic (exact) mass is 200 g/mol. The zero-order chi connectivity index (χ0) is 10.2. The molecule has 0 spiro atoms. The van der Waals surface area contributed by atoms with Crippen molar-refractivity contribution < 1.29 is 9.53 Å². The molecule has 1 saturated heterocycles. The number of nitrogens with one attached hydrogen (secondary N) is 2. The predicted molar refractivity (Wildman–Crippen MR) is 55.1 cm³/mol. The third-order valence-corrected chi connectivity index (χ3v) is 2.36. The Morgan fingerprint density at radius 2 is 2.43 bits per heavy atom. The van der Waals surface area contributed by atoms with Gasteiger partial charge in [-0.15, -0.1) is 0 Å². The maximum atomic E-state index is 11.4. The molecular formula is C10H20N2O2. The van der Waals surface area contributed by atoms with Crippen LogP contribution in [0, 0.1) is 0 Å². The minimum absolute atomic E-state index is 0.149. The highest BCUT2D eigenvalue weighted by Gasteiger charge is 2.15. The number of rotatable bonds is 5. The second-order valence-electron chi connectivity index (χ2n) is 3.69. The van der Waals surface area contributed by atoms with E-state index in [4.69, 9.17) is 4.74 Å². The molecule has 4 heteroatoms. The first kappa shape index (κ1) is 11.5. The summed E-state index contributed by atoms with van der Waals surface area (Å²) in [6.45, 7) is 2.42. The molecule has 2 N–H and O–H groups in total. The Morgan fingerprint density at radius 1 is 1.57 bits per heavy atom. The molecule has 0 aromatic carbocycles. The molecule has 14 heavy (non-hydrogen) atoms. The van der Waals surface area contributed by atoms with E-state index in [1.54, 1.807) is 0 Å². The molecule has 1 unspecified atom stereocenters. The number of hydrogen-bond donors (Lipinski definition) is 2. The van der Waals surface area contributed by atoms with Crippen LogP contribution in [-0.2, 0) is 9.53 Å². The first-order valence-corrected chi connectivity index (χ1v) is 5.34. The molecule has 0 saturated carbocycles. The molecule has 1 rings (SSSR count). The van der Waals surface area contributed by atoms with Gasteiger partial charge in [-0.1, -0.05) is 0 Å². The molecule has 1 heterocycles. The van der Waals surface area contributed by atoms with Crippen LogP contribution in [0.2, 0.25) is 0 Å². The van der Waals surface area contributed by atoms with Crippen LogP contribution in [0.15, 0.2) is 0 Å². The second kappa shape index (κ2) is 6.79. The van der Waals surface area contributed by atoms with Crippen LogP contribution in [-0.4, -0.2) is 38.8 Å². The topological polar surface area (TPSA) is 50.4 Å². The normalized spacial score (nSPS) is 21.9. The van der Waals surface area contributed by atoms with Crippen molar-refractivity contribution in [3.8, 4) is 0 Å². The lowest BCUT2D eigenvalue weighted by atomic mass is 10.1. The summed E-state index contributed by atoms with van der Waals surface area (Å²) in [6, 6.07) is 0.242. The molecule has 1 aliphatic heterocycles. The quantitative estimate of drug-likeness (QED) is 0.627. The van der Waals surface area contributed by atoms with Gasteiger partial charge in [-0.2, -0.15) is 0 Å². The van der Waals surface area contributed by atoms with Gasteiger partial charge < -0.3 is 15.4 Å². The van der Waals surface area contributed by atoms with E-state index < -0.39 is 0 Å². The SMILES string of the molecule is CNCCCC(=O)NC1CCCOC1. The highest BCUT2D eigenvalue weighted by atomic mass is 16.5. The van der Waals surface area contributed by atoms with Gasteiger partial charge in [0.25, 0.3) is 0 Å². The Kier molecular flexibility index (Phi) is 5.56. The number of ether oxygens (including phenoxy) is 1. The minimum Gasteiger partial charge on any atom is -0.379 e. The molecule has 1 fully saturated rings. The molecule has 0 bridgehead atoms. The molecule has 0 aromatic heterocycles. The zero-order valence-corrected chi connectivity index (χ0v) is 8.84. The second-order valence-corrected chi connectivity index (χ2v) is 3.69. The van der Waals surface area contributed by atoms with Crippen molar-refractivity contribution >= 4 is 5.91 Å². The van der Waals surface area contributed by atoms with Crippen molar-refractivity contribution in [3.05, 3.63) is 0 Å². The molecule has 1 aliphatic rings. The van der Waals surface area contributed by atoms with E-state index in [1.165, 1.54) is 0 Å². The standard InChI is InChI=1S/C10H20N2O2/c1-11-6-2-5-10(13)12-9-4-3-7-14-8-9/h9,11H,2-8H2,1H3,(H,12,13). The van der Waals surface area contributed by atoms with Gasteiger partial charge in [0, 0.05) is 13.0 Å². The average Bonchev–Trinajstić information content (AvgIpc) is 2.20. The molecule has 82 valence electrons. The maximum Gasteiger partial charge on any atom is 0.220 e. The molecule has 0 aliphatic carbocycles. The Labute approximate surface area is 85.4 Å². The number of hydrogen-bond acceptors (Lipinski definition) is 3. The Bertz CT molecular complexity index is 168. The van der Waals surface area contributed by atoms with Crippen molar-refractivity contribution in [3.63, 3.8) is 0 Å². The van der Waals surface area contributed by atoms with Crippen molar-refractivity contribution in [2.75, 3.05) is 26.8 Å². The predicted octanol–water partition coefficient (Wildman–Crippen LogP) is 0.281. The lowest BCUT2D eigenvalue weighted by molar-refractivity contribution is -0.122. The van der Waals surface area contributed by atoms with Crippen molar-refractivity contribution in [2.45, 2.75) is 31.7 Å².